The summed E-state index contributed by atoms with van der Waals surface area (Å²) in [5.41, 5.74) is 1.00. The third-order valence-electron chi connectivity index (χ3n) is 4.42. The van der Waals surface area contributed by atoms with Crippen molar-refractivity contribution in [3.05, 3.63) is 40.9 Å². The normalized spacial score (nSPS) is 23.3. The van der Waals surface area contributed by atoms with Crippen LogP contribution in [-0.4, -0.2) is 47.9 Å². The number of carbonyl (C=O) groups is 1. The summed E-state index contributed by atoms with van der Waals surface area (Å²) in [4.78, 5) is 16.7. The van der Waals surface area contributed by atoms with Gasteiger partial charge in [0.25, 0.3) is 0 Å². The Bertz CT molecular complexity index is 520. The summed E-state index contributed by atoms with van der Waals surface area (Å²) >= 11 is 5.85. The molecule has 1 amide bonds. The molecule has 2 heterocycles. The third-order valence-corrected chi connectivity index (χ3v) is 4.67. The number of likely N-dealkylation sites (tertiary alicyclic amines) is 2. The molecule has 21 heavy (non-hydrogen) atoms. The fourth-order valence-corrected chi connectivity index (χ4v) is 3.32. The highest BCUT2D eigenvalue weighted by Crippen LogP contribution is 2.20. The van der Waals surface area contributed by atoms with Crippen LogP contribution >= 0.6 is 11.6 Å². The molecule has 2 saturated heterocycles. The SMILES string of the molecule is O=C(/C=C/c1ccc(Cl)cc1)N1CCC(N2CCCC2)C1. The molecule has 1 unspecified atom stereocenters. The molecule has 1 atom stereocenters. The molecule has 0 aliphatic carbocycles. The Labute approximate surface area is 131 Å². The minimum Gasteiger partial charge on any atom is -0.338 e. The molecule has 1 aromatic rings. The molecule has 0 radical (unpaired) electrons. The van der Waals surface area contributed by atoms with E-state index in [1.54, 1.807) is 6.08 Å². The van der Waals surface area contributed by atoms with E-state index in [9.17, 15) is 4.79 Å². The predicted octanol–water partition coefficient (Wildman–Crippen LogP) is 3.05. The second kappa shape index (κ2) is 6.63. The van der Waals surface area contributed by atoms with Gasteiger partial charge in [-0.2, -0.15) is 0 Å². The summed E-state index contributed by atoms with van der Waals surface area (Å²) in [6.07, 6.45) is 7.26. The maximum atomic E-state index is 12.2. The van der Waals surface area contributed by atoms with Crippen LogP contribution in [0.1, 0.15) is 24.8 Å². The van der Waals surface area contributed by atoms with E-state index in [0.717, 1.165) is 25.1 Å². The maximum absolute atomic E-state index is 12.2. The van der Waals surface area contributed by atoms with Gasteiger partial charge in [-0.05, 0) is 56.1 Å². The van der Waals surface area contributed by atoms with Gasteiger partial charge in [-0.15, -0.1) is 0 Å². The van der Waals surface area contributed by atoms with Gasteiger partial charge in [0.1, 0.15) is 0 Å². The van der Waals surface area contributed by atoms with Crippen LogP contribution in [0.5, 0.6) is 0 Å². The molecule has 0 bridgehead atoms. The number of nitrogens with zero attached hydrogens (tertiary/aromatic N) is 2. The Balaban J connectivity index is 1.55. The average molecular weight is 305 g/mol. The van der Waals surface area contributed by atoms with Crippen molar-refractivity contribution in [3.63, 3.8) is 0 Å². The lowest BCUT2D eigenvalue weighted by molar-refractivity contribution is -0.125. The lowest BCUT2D eigenvalue weighted by Gasteiger charge is -2.23. The molecule has 112 valence electrons. The molecule has 2 aliphatic heterocycles. The van der Waals surface area contributed by atoms with Gasteiger partial charge in [-0.1, -0.05) is 23.7 Å². The molecule has 3 rings (SSSR count). The first-order valence-electron chi connectivity index (χ1n) is 7.69. The summed E-state index contributed by atoms with van der Waals surface area (Å²) < 4.78 is 0. The lowest BCUT2D eigenvalue weighted by Crippen LogP contribution is -2.36. The van der Waals surface area contributed by atoms with Crippen molar-refractivity contribution in [2.75, 3.05) is 26.2 Å². The second-order valence-corrected chi connectivity index (χ2v) is 6.29. The largest absolute Gasteiger partial charge is 0.338 e. The number of amides is 1. The van der Waals surface area contributed by atoms with Crippen LogP contribution in [0.25, 0.3) is 6.08 Å². The Morgan fingerprint density at radius 1 is 1.14 bits per heavy atom. The molecule has 2 aliphatic rings. The van der Waals surface area contributed by atoms with E-state index < -0.39 is 0 Å². The molecule has 1 aromatic carbocycles. The first-order valence-corrected chi connectivity index (χ1v) is 8.07. The monoisotopic (exact) mass is 304 g/mol. The molecule has 3 nitrogen and oxygen atoms in total. The van der Waals surface area contributed by atoms with Gasteiger partial charge >= 0.3 is 0 Å². The summed E-state index contributed by atoms with van der Waals surface area (Å²) in [5, 5.41) is 0.714. The van der Waals surface area contributed by atoms with Gasteiger partial charge in [0.05, 0.1) is 0 Å². The fraction of sp³-hybridized carbons (Fsp3) is 0.471. The second-order valence-electron chi connectivity index (χ2n) is 5.85. The quantitative estimate of drug-likeness (QED) is 0.801. The van der Waals surface area contributed by atoms with E-state index in [1.165, 1.54) is 25.9 Å². The van der Waals surface area contributed by atoms with E-state index in [-0.39, 0.29) is 5.91 Å². The van der Waals surface area contributed by atoms with Gasteiger partial charge in [-0.3, -0.25) is 9.69 Å². The topological polar surface area (TPSA) is 23.6 Å². The Morgan fingerprint density at radius 3 is 2.57 bits per heavy atom. The van der Waals surface area contributed by atoms with Crippen molar-refractivity contribution in [3.8, 4) is 0 Å². The molecular weight excluding hydrogens is 284 g/mol. The first kappa shape index (κ1) is 14.6. The smallest absolute Gasteiger partial charge is 0.246 e. The minimum absolute atomic E-state index is 0.117. The number of hydrogen-bond acceptors (Lipinski definition) is 2. The highest BCUT2D eigenvalue weighted by Gasteiger charge is 2.30. The molecule has 2 fully saturated rings. The predicted molar refractivity (Wildman–Crippen MR) is 86.3 cm³/mol. The first-order chi connectivity index (χ1) is 10.2. The van der Waals surface area contributed by atoms with Crippen LogP contribution in [0.15, 0.2) is 30.3 Å². The summed E-state index contributed by atoms with van der Waals surface area (Å²) in [6.45, 7) is 4.16. The highest BCUT2D eigenvalue weighted by molar-refractivity contribution is 6.30. The number of benzene rings is 1. The molecule has 0 N–H and O–H groups in total. The van der Waals surface area contributed by atoms with Gasteiger partial charge in [0.15, 0.2) is 0 Å². The number of hydrogen-bond donors (Lipinski definition) is 0. The maximum Gasteiger partial charge on any atom is 0.246 e. The van der Waals surface area contributed by atoms with E-state index in [0.29, 0.717) is 11.1 Å². The molecule has 0 aromatic heterocycles. The van der Waals surface area contributed by atoms with Gasteiger partial charge in [0.2, 0.25) is 5.91 Å². The van der Waals surface area contributed by atoms with E-state index in [4.69, 9.17) is 11.6 Å². The summed E-state index contributed by atoms with van der Waals surface area (Å²) in [5.74, 6) is 0.117. The molecule has 0 spiro atoms. The Hall–Kier alpha value is -1.32. The van der Waals surface area contributed by atoms with Crippen molar-refractivity contribution in [2.45, 2.75) is 25.3 Å². The van der Waals surface area contributed by atoms with Crippen LogP contribution in [0, 0.1) is 0 Å². The van der Waals surface area contributed by atoms with Crippen LogP contribution in [0.2, 0.25) is 5.02 Å². The molecular formula is C17H21ClN2O. The van der Waals surface area contributed by atoms with Crippen molar-refractivity contribution < 1.29 is 4.79 Å². The van der Waals surface area contributed by atoms with Crippen molar-refractivity contribution in [1.29, 1.82) is 0 Å². The van der Waals surface area contributed by atoms with Crippen LogP contribution in [0.4, 0.5) is 0 Å². The summed E-state index contributed by atoms with van der Waals surface area (Å²) in [7, 11) is 0. The lowest BCUT2D eigenvalue weighted by atomic mass is 10.2. The molecule has 4 heteroatoms. The van der Waals surface area contributed by atoms with Crippen LogP contribution < -0.4 is 0 Å². The Kier molecular flexibility index (Phi) is 4.61. The van der Waals surface area contributed by atoms with E-state index in [1.807, 2.05) is 35.2 Å². The number of carbonyl (C=O) groups excluding carboxylic acids is 1. The highest BCUT2D eigenvalue weighted by atomic mass is 35.5. The van der Waals surface area contributed by atoms with Crippen LogP contribution in [0.3, 0.4) is 0 Å². The summed E-state index contributed by atoms with van der Waals surface area (Å²) in [6, 6.07) is 8.09. The van der Waals surface area contributed by atoms with Crippen molar-refractivity contribution >= 4 is 23.6 Å². The zero-order valence-corrected chi connectivity index (χ0v) is 12.9. The van der Waals surface area contributed by atoms with Crippen molar-refractivity contribution in [2.24, 2.45) is 0 Å². The Morgan fingerprint density at radius 2 is 1.86 bits per heavy atom. The van der Waals surface area contributed by atoms with Crippen molar-refractivity contribution in [1.82, 2.24) is 9.80 Å². The fourth-order valence-electron chi connectivity index (χ4n) is 3.19. The number of halogens is 1. The standard InChI is InChI=1S/C17H21ClN2O/c18-15-6-3-14(4-7-15)5-8-17(21)20-12-9-16(13-20)19-10-1-2-11-19/h3-8,16H,1-2,9-13H2/b8-5+. The van der Waals surface area contributed by atoms with Gasteiger partial charge in [-0.25, -0.2) is 0 Å². The van der Waals surface area contributed by atoms with Crippen LogP contribution in [-0.2, 0) is 4.79 Å². The van der Waals surface area contributed by atoms with E-state index >= 15 is 0 Å². The van der Waals surface area contributed by atoms with E-state index in [2.05, 4.69) is 4.90 Å². The molecule has 0 saturated carbocycles. The third kappa shape index (κ3) is 3.66. The minimum atomic E-state index is 0.117. The van der Waals surface area contributed by atoms with Gasteiger partial charge in [0, 0.05) is 30.2 Å². The average Bonchev–Trinajstić information content (AvgIpc) is 3.17. The number of rotatable bonds is 3. The zero-order chi connectivity index (χ0) is 14.7. The van der Waals surface area contributed by atoms with Gasteiger partial charge < -0.3 is 4.90 Å². The zero-order valence-electron chi connectivity index (χ0n) is 12.2.